The molecule has 0 spiro atoms. The number of Topliss-reactive ketones (excluding diaryl/α,β-unsaturated/α-hetero) is 1. The van der Waals surface area contributed by atoms with Gasteiger partial charge in [0.25, 0.3) is 0 Å². The van der Waals surface area contributed by atoms with E-state index in [-0.39, 0.29) is 0 Å². The van der Waals surface area contributed by atoms with Crippen molar-refractivity contribution in [3.05, 3.63) is 35.4 Å². The van der Waals surface area contributed by atoms with Crippen LogP contribution >= 0.6 is 0 Å². The zero-order chi connectivity index (χ0) is 13.1. The molecule has 1 heteroatoms. The molecule has 0 saturated heterocycles. The minimum atomic E-state index is 0.303. The van der Waals surface area contributed by atoms with Crippen LogP contribution in [-0.2, 0) is 11.2 Å². The van der Waals surface area contributed by atoms with Gasteiger partial charge in [0.05, 0.1) is 0 Å². The van der Waals surface area contributed by atoms with Crippen molar-refractivity contribution in [2.45, 2.75) is 46.5 Å². The molecule has 1 aliphatic carbocycles. The number of ketones is 1. The molecule has 0 radical (unpaired) electrons. The Bertz CT molecular complexity index is 404. The predicted molar refractivity (Wildman–Crippen MR) is 75.6 cm³/mol. The molecule has 0 bridgehead atoms. The van der Waals surface area contributed by atoms with E-state index in [1.165, 1.54) is 12.0 Å². The summed E-state index contributed by atoms with van der Waals surface area (Å²) < 4.78 is 0. The Morgan fingerprint density at radius 2 is 1.78 bits per heavy atom. The van der Waals surface area contributed by atoms with E-state index in [9.17, 15) is 4.79 Å². The van der Waals surface area contributed by atoms with Crippen LogP contribution in [0.1, 0.15) is 44.2 Å². The first-order chi connectivity index (χ1) is 8.56. The normalized spacial score (nSPS) is 28.1. The van der Waals surface area contributed by atoms with E-state index < -0.39 is 0 Å². The Kier molecular flexibility index (Phi) is 4.21. The number of carbonyl (C=O) groups is 1. The minimum Gasteiger partial charge on any atom is -0.299 e. The molecule has 1 aliphatic rings. The standard InChI is InChI=1S/C17H24O/c1-12-4-7-15(8-5-12)11-17(18)16-9-6-13(2)14(3)10-16/h4-5,7-8,13-14,16H,6,9-11H2,1-3H3. The van der Waals surface area contributed by atoms with Crippen LogP contribution < -0.4 is 0 Å². The van der Waals surface area contributed by atoms with E-state index in [2.05, 4.69) is 45.0 Å². The van der Waals surface area contributed by atoms with Crippen LogP contribution in [-0.4, -0.2) is 5.78 Å². The zero-order valence-electron chi connectivity index (χ0n) is 11.8. The molecule has 1 fully saturated rings. The van der Waals surface area contributed by atoms with Gasteiger partial charge in [0.1, 0.15) is 5.78 Å². The van der Waals surface area contributed by atoms with Gasteiger partial charge >= 0.3 is 0 Å². The van der Waals surface area contributed by atoms with Crippen LogP contribution in [0.15, 0.2) is 24.3 Å². The average molecular weight is 244 g/mol. The van der Waals surface area contributed by atoms with Gasteiger partial charge in [-0.25, -0.2) is 0 Å². The average Bonchev–Trinajstić information content (AvgIpc) is 2.35. The quantitative estimate of drug-likeness (QED) is 0.779. The molecule has 1 aromatic rings. The van der Waals surface area contributed by atoms with Crippen LogP contribution in [0.2, 0.25) is 0 Å². The third kappa shape index (κ3) is 3.22. The van der Waals surface area contributed by atoms with Gasteiger partial charge in [-0.3, -0.25) is 4.79 Å². The fraction of sp³-hybridized carbons (Fsp3) is 0.588. The third-order valence-electron chi connectivity index (χ3n) is 4.55. The third-order valence-corrected chi connectivity index (χ3v) is 4.55. The Hall–Kier alpha value is -1.11. The van der Waals surface area contributed by atoms with Gasteiger partial charge in [-0.1, -0.05) is 43.7 Å². The first-order valence-corrected chi connectivity index (χ1v) is 7.14. The summed E-state index contributed by atoms with van der Waals surface area (Å²) in [6.07, 6.45) is 4.01. The highest BCUT2D eigenvalue weighted by molar-refractivity contribution is 5.83. The molecule has 18 heavy (non-hydrogen) atoms. The molecule has 3 atom stereocenters. The molecule has 1 aromatic carbocycles. The highest BCUT2D eigenvalue weighted by Crippen LogP contribution is 2.34. The smallest absolute Gasteiger partial charge is 0.140 e. The molecule has 0 aliphatic heterocycles. The number of rotatable bonds is 3. The van der Waals surface area contributed by atoms with E-state index in [0.29, 0.717) is 24.0 Å². The van der Waals surface area contributed by atoms with Crippen LogP contribution in [0, 0.1) is 24.7 Å². The van der Waals surface area contributed by atoms with Crippen LogP contribution in [0.3, 0.4) is 0 Å². The van der Waals surface area contributed by atoms with E-state index in [1.807, 2.05) is 0 Å². The fourth-order valence-corrected chi connectivity index (χ4v) is 2.89. The molecule has 2 rings (SSSR count). The van der Waals surface area contributed by atoms with E-state index in [0.717, 1.165) is 24.3 Å². The maximum Gasteiger partial charge on any atom is 0.140 e. The van der Waals surface area contributed by atoms with Crippen LogP contribution in [0.5, 0.6) is 0 Å². The molecule has 3 unspecified atom stereocenters. The topological polar surface area (TPSA) is 17.1 Å². The number of aryl methyl sites for hydroxylation is 1. The molecule has 1 saturated carbocycles. The molecule has 98 valence electrons. The summed E-state index contributed by atoms with van der Waals surface area (Å²) in [4.78, 5) is 12.3. The van der Waals surface area contributed by atoms with Gasteiger partial charge in [0.2, 0.25) is 0 Å². The van der Waals surface area contributed by atoms with Crippen LogP contribution in [0.4, 0.5) is 0 Å². The highest BCUT2D eigenvalue weighted by Gasteiger charge is 2.28. The van der Waals surface area contributed by atoms with Gasteiger partial charge in [-0.05, 0) is 43.6 Å². The largest absolute Gasteiger partial charge is 0.299 e. The lowest BCUT2D eigenvalue weighted by Gasteiger charge is -2.31. The maximum atomic E-state index is 12.3. The van der Waals surface area contributed by atoms with E-state index >= 15 is 0 Å². The SMILES string of the molecule is Cc1ccc(CC(=O)C2CCC(C)C(C)C2)cc1. The molecule has 0 heterocycles. The molecule has 0 N–H and O–H groups in total. The molecule has 0 amide bonds. The predicted octanol–water partition coefficient (Wildman–Crippen LogP) is 4.18. The van der Waals surface area contributed by atoms with Gasteiger partial charge in [-0.2, -0.15) is 0 Å². The summed E-state index contributed by atoms with van der Waals surface area (Å²) in [7, 11) is 0. The first-order valence-electron chi connectivity index (χ1n) is 7.14. The van der Waals surface area contributed by atoms with Crippen molar-refractivity contribution >= 4 is 5.78 Å². The van der Waals surface area contributed by atoms with Gasteiger partial charge in [0.15, 0.2) is 0 Å². The van der Waals surface area contributed by atoms with Gasteiger partial charge < -0.3 is 0 Å². The summed E-state index contributed by atoms with van der Waals surface area (Å²) >= 11 is 0. The second-order valence-electron chi connectivity index (χ2n) is 6.09. The first kappa shape index (κ1) is 13.3. The van der Waals surface area contributed by atoms with Crippen molar-refractivity contribution in [3.8, 4) is 0 Å². The number of hydrogen-bond donors (Lipinski definition) is 0. The number of benzene rings is 1. The fourth-order valence-electron chi connectivity index (χ4n) is 2.89. The van der Waals surface area contributed by atoms with Gasteiger partial charge in [0, 0.05) is 12.3 Å². The second kappa shape index (κ2) is 5.69. The Morgan fingerprint density at radius 3 is 2.39 bits per heavy atom. The number of carbonyl (C=O) groups excluding carboxylic acids is 1. The molecule has 1 nitrogen and oxygen atoms in total. The Balaban J connectivity index is 1.94. The van der Waals surface area contributed by atoms with E-state index in [4.69, 9.17) is 0 Å². The molecule has 0 aromatic heterocycles. The lowest BCUT2D eigenvalue weighted by Crippen LogP contribution is -2.27. The van der Waals surface area contributed by atoms with Crippen molar-refractivity contribution in [3.63, 3.8) is 0 Å². The molecular formula is C17H24O. The summed E-state index contributed by atoms with van der Waals surface area (Å²) in [6, 6.07) is 8.35. The maximum absolute atomic E-state index is 12.3. The van der Waals surface area contributed by atoms with E-state index in [1.54, 1.807) is 0 Å². The van der Waals surface area contributed by atoms with Crippen molar-refractivity contribution in [1.29, 1.82) is 0 Å². The van der Waals surface area contributed by atoms with Crippen molar-refractivity contribution in [2.24, 2.45) is 17.8 Å². The summed E-state index contributed by atoms with van der Waals surface area (Å²) in [6.45, 7) is 6.68. The summed E-state index contributed by atoms with van der Waals surface area (Å²) in [5.74, 6) is 2.23. The van der Waals surface area contributed by atoms with Crippen molar-refractivity contribution < 1.29 is 4.79 Å². The Morgan fingerprint density at radius 1 is 1.11 bits per heavy atom. The summed E-state index contributed by atoms with van der Waals surface area (Å²) in [5.41, 5.74) is 2.42. The van der Waals surface area contributed by atoms with Crippen molar-refractivity contribution in [2.75, 3.05) is 0 Å². The van der Waals surface area contributed by atoms with Gasteiger partial charge in [-0.15, -0.1) is 0 Å². The Labute approximate surface area is 111 Å². The van der Waals surface area contributed by atoms with Crippen LogP contribution in [0.25, 0.3) is 0 Å². The monoisotopic (exact) mass is 244 g/mol. The lowest BCUT2D eigenvalue weighted by molar-refractivity contribution is -0.123. The lowest BCUT2D eigenvalue weighted by atomic mass is 9.73. The molecular weight excluding hydrogens is 220 g/mol. The highest BCUT2D eigenvalue weighted by atomic mass is 16.1. The minimum absolute atomic E-state index is 0.303. The summed E-state index contributed by atoms with van der Waals surface area (Å²) in [5, 5.41) is 0. The van der Waals surface area contributed by atoms with Crippen molar-refractivity contribution in [1.82, 2.24) is 0 Å². The number of hydrogen-bond acceptors (Lipinski definition) is 1. The zero-order valence-corrected chi connectivity index (χ0v) is 11.8. The second-order valence-corrected chi connectivity index (χ2v) is 6.09.